The topological polar surface area (TPSA) is 80.8 Å². The summed E-state index contributed by atoms with van der Waals surface area (Å²) in [6.07, 6.45) is 3.04. The molecule has 0 radical (unpaired) electrons. The molecule has 3 aromatic rings. The van der Waals surface area contributed by atoms with Crippen molar-refractivity contribution in [3.63, 3.8) is 0 Å². The summed E-state index contributed by atoms with van der Waals surface area (Å²) in [5.74, 6) is 0.147. The van der Waals surface area contributed by atoms with Crippen LogP contribution in [-0.2, 0) is 19.7 Å². The fourth-order valence-corrected chi connectivity index (χ4v) is 6.78. The van der Waals surface area contributed by atoms with Crippen LogP contribution in [0.2, 0.25) is 0 Å². The highest BCUT2D eigenvalue weighted by molar-refractivity contribution is 7.87. The lowest BCUT2D eigenvalue weighted by molar-refractivity contribution is -0.123. The summed E-state index contributed by atoms with van der Waals surface area (Å²) in [6.45, 7) is 0. The highest BCUT2D eigenvalue weighted by Crippen LogP contribution is 2.56. The van der Waals surface area contributed by atoms with Gasteiger partial charge in [-0.25, -0.2) is 0 Å². The zero-order valence-corrected chi connectivity index (χ0v) is 18.0. The van der Waals surface area contributed by atoms with Gasteiger partial charge in [-0.1, -0.05) is 30.3 Å². The summed E-state index contributed by atoms with van der Waals surface area (Å²) >= 11 is 0. The molecule has 4 atom stereocenters. The minimum Gasteiger partial charge on any atom is -0.379 e. The molecule has 7 heteroatoms. The highest BCUT2D eigenvalue weighted by atomic mass is 32.2. The average molecular weight is 448 g/mol. The smallest absolute Gasteiger partial charge is 0.339 e. The van der Waals surface area contributed by atoms with Crippen molar-refractivity contribution in [2.24, 2.45) is 23.7 Å². The molecule has 0 unspecified atom stereocenters. The molecule has 1 heterocycles. The standard InChI is InChI=1S/C25H21NO5S/c27-24-22-17-5-6-18(13-17)23(22)25(28)26(24)19-8-10-20(11-9-19)31-32(29,30)21-12-7-15-3-1-2-4-16(15)14-21/h1-4,7-12,14,17-18,22-23H,5-6,13H2/t17-,18-,22+,23+/m0/s1. The Bertz CT molecular complexity index is 1340. The number of nitrogens with zero attached hydrogens (tertiary/aromatic N) is 1. The highest BCUT2D eigenvalue weighted by Gasteiger charge is 2.61. The van der Waals surface area contributed by atoms with E-state index in [0.29, 0.717) is 17.5 Å². The molecule has 2 saturated carbocycles. The number of amides is 2. The van der Waals surface area contributed by atoms with Crippen LogP contribution in [0.1, 0.15) is 19.3 Å². The molecule has 162 valence electrons. The van der Waals surface area contributed by atoms with Crippen molar-refractivity contribution < 1.29 is 22.2 Å². The molecule has 2 aliphatic carbocycles. The predicted octanol–water partition coefficient (Wildman–Crippen LogP) is 4.14. The number of hydrogen-bond donors (Lipinski definition) is 0. The molecule has 3 aliphatic rings. The van der Waals surface area contributed by atoms with Crippen LogP contribution in [0.5, 0.6) is 5.75 Å². The first kappa shape index (κ1) is 19.5. The van der Waals surface area contributed by atoms with Crippen LogP contribution < -0.4 is 9.08 Å². The fourth-order valence-electron chi connectivity index (χ4n) is 5.81. The molecule has 3 fully saturated rings. The summed E-state index contributed by atoms with van der Waals surface area (Å²) in [5.41, 5.74) is 0.462. The first-order chi connectivity index (χ1) is 15.4. The molecule has 0 aromatic heterocycles. The van der Waals surface area contributed by atoms with Crippen LogP contribution in [-0.4, -0.2) is 20.2 Å². The van der Waals surface area contributed by atoms with Gasteiger partial charge in [-0.05, 0) is 78.3 Å². The van der Waals surface area contributed by atoms with Gasteiger partial charge in [0.2, 0.25) is 11.8 Å². The first-order valence-electron chi connectivity index (χ1n) is 10.8. The van der Waals surface area contributed by atoms with E-state index in [9.17, 15) is 18.0 Å². The van der Waals surface area contributed by atoms with Crippen molar-refractivity contribution in [2.75, 3.05) is 4.90 Å². The van der Waals surface area contributed by atoms with Crippen LogP contribution in [0.25, 0.3) is 10.8 Å². The Morgan fingerprint density at radius 1 is 0.781 bits per heavy atom. The zero-order valence-electron chi connectivity index (χ0n) is 17.2. The lowest BCUT2D eigenvalue weighted by atomic mass is 9.81. The molecule has 2 bridgehead atoms. The van der Waals surface area contributed by atoms with Crippen molar-refractivity contribution in [3.05, 3.63) is 66.7 Å². The normalized spacial score (nSPS) is 26.7. The van der Waals surface area contributed by atoms with E-state index in [1.165, 1.54) is 23.1 Å². The molecule has 0 spiro atoms. The van der Waals surface area contributed by atoms with E-state index in [2.05, 4.69) is 0 Å². The number of imide groups is 1. The second kappa shape index (κ2) is 6.90. The number of carbonyl (C=O) groups is 2. The van der Waals surface area contributed by atoms with Crippen molar-refractivity contribution >= 4 is 38.4 Å². The van der Waals surface area contributed by atoms with Gasteiger partial charge in [0.1, 0.15) is 10.6 Å². The van der Waals surface area contributed by atoms with Crippen molar-refractivity contribution in [1.29, 1.82) is 0 Å². The van der Waals surface area contributed by atoms with E-state index in [-0.39, 0.29) is 34.3 Å². The second-order valence-corrected chi connectivity index (χ2v) is 10.5. The second-order valence-electron chi connectivity index (χ2n) is 8.94. The van der Waals surface area contributed by atoms with Crippen LogP contribution in [0.3, 0.4) is 0 Å². The fraction of sp³-hybridized carbons (Fsp3) is 0.280. The van der Waals surface area contributed by atoms with Crippen LogP contribution in [0, 0.1) is 23.7 Å². The Hall–Kier alpha value is -3.19. The molecule has 32 heavy (non-hydrogen) atoms. The Morgan fingerprint density at radius 2 is 1.41 bits per heavy atom. The van der Waals surface area contributed by atoms with Crippen LogP contribution in [0.4, 0.5) is 5.69 Å². The number of carbonyl (C=O) groups excluding carboxylic acids is 2. The van der Waals surface area contributed by atoms with E-state index in [0.717, 1.165) is 30.0 Å². The quantitative estimate of drug-likeness (QED) is 0.444. The van der Waals surface area contributed by atoms with Gasteiger partial charge in [-0.15, -0.1) is 0 Å². The minimum absolute atomic E-state index is 0.0634. The monoisotopic (exact) mass is 447 g/mol. The first-order valence-corrected chi connectivity index (χ1v) is 12.2. The van der Waals surface area contributed by atoms with E-state index < -0.39 is 10.1 Å². The predicted molar refractivity (Wildman–Crippen MR) is 119 cm³/mol. The Kier molecular flexibility index (Phi) is 4.21. The molecular formula is C25H21NO5S. The summed E-state index contributed by atoms with van der Waals surface area (Å²) < 4.78 is 30.8. The maximum atomic E-state index is 13.0. The molecular weight excluding hydrogens is 426 g/mol. The van der Waals surface area contributed by atoms with E-state index in [1.54, 1.807) is 24.3 Å². The van der Waals surface area contributed by atoms with Gasteiger partial charge >= 0.3 is 10.1 Å². The summed E-state index contributed by atoms with van der Waals surface area (Å²) in [6, 6.07) is 18.4. The van der Waals surface area contributed by atoms with Gasteiger partial charge in [0.05, 0.1) is 17.5 Å². The minimum atomic E-state index is -4.02. The van der Waals surface area contributed by atoms with Gasteiger partial charge in [-0.3, -0.25) is 14.5 Å². The lowest BCUT2D eigenvalue weighted by Gasteiger charge is -2.19. The number of fused-ring (bicyclic) bond motifs is 6. The molecule has 1 aliphatic heterocycles. The number of anilines is 1. The third kappa shape index (κ3) is 2.88. The van der Waals surface area contributed by atoms with E-state index in [4.69, 9.17) is 4.18 Å². The Labute approximate surface area is 185 Å². The number of benzene rings is 3. The van der Waals surface area contributed by atoms with Crippen molar-refractivity contribution in [2.45, 2.75) is 24.2 Å². The number of rotatable bonds is 4. The largest absolute Gasteiger partial charge is 0.379 e. The van der Waals surface area contributed by atoms with Gasteiger partial charge in [-0.2, -0.15) is 8.42 Å². The van der Waals surface area contributed by atoms with Gasteiger partial charge < -0.3 is 4.18 Å². The molecule has 6 rings (SSSR count). The van der Waals surface area contributed by atoms with Crippen molar-refractivity contribution in [1.82, 2.24) is 0 Å². The molecule has 1 saturated heterocycles. The zero-order chi connectivity index (χ0) is 22.0. The van der Waals surface area contributed by atoms with Crippen molar-refractivity contribution in [3.8, 4) is 5.75 Å². The van der Waals surface area contributed by atoms with E-state index >= 15 is 0 Å². The molecule has 2 amide bonds. The third-order valence-electron chi connectivity index (χ3n) is 7.24. The Balaban J connectivity index is 1.24. The third-order valence-corrected chi connectivity index (χ3v) is 8.48. The number of hydrogen-bond acceptors (Lipinski definition) is 5. The summed E-state index contributed by atoms with van der Waals surface area (Å²) in [4.78, 5) is 27.3. The maximum absolute atomic E-state index is 13.0. The lowest BCUT2D eigenvalue weighted by Crippen LogP contribution is -2.32. The van der Waals surface area contributed by atoms with Gasteiger partial charge in [0.15, 0.2) is 0 Å². The van der Waals surface area contributed by atoms with Gasteiger partial charge in [0, 0.05) is 0 Å². The maximum Gasteiger partial charge on any atom is 0.339 e. The van der Waals surface area contributed by atoms with Gasteiger partial charge in [0.25, 0.3) is 0 Å². The SMILES string of the molecule is O=C1[C@@H]2[C@H]3CC[C@@H](C3)[C@H]2C(=O)N1c1ccc(OS(=O)(=O)c2ccc3ccccc3c2)cc1. The average Bonchev–Trinajstić information content (AvgIpc) is 3.48. The van der Waals surface area contributed by atoms with Crippen LogP contribution in [0.15, 0.2) is 71.6 Å². The summed E-state index contributed by atoms with van der Waals surface area (Å²) in [7, 11) is -4.02. The Morgan fingerprint density at radius 3 is 2.06 bits per heavy atom. The molecule has 0 N–H and O–H groups in total. The van der Waals surface area contributed by atoms with Crippen LogP contribution >= 0.6 is 0 Å². The molecule has 6 nitrogen and oxygen atoms in total. The molecule has 3 aromatic carbocycles. The summed E-state index contributed by atoms with van der Waals surface area (Å²) in [5, 5.41) is 1.74. The van der Waals surface area contributed by atoms with E-state index in [1.807, 2.05) is 24.3 Å².